The number of hydrogen-bond donors (Lipinski definition) is 2. The van der Waals surface area contributed by atoms with Crippen LogP contribution < -0.4 is 5.32 Å². The van der Waals surface area contributed by atoms with Crippen LogP contribution in [-0.2, 0) is 4.79 Å². The van der Waals surface area contributed by atoms with Gasteiger partial charge in [0.2, 0.25) is 0 Å². The Hall–Kier alpha value is -1.98. The van der Waals surface area contributed by atoms with Crippen molar-refractivity contribution in [1.29, 1.82) is 0 Å². The standard InChI is InChI=1S/C15H22N2O4/c1-10-4-5-12(21-10)11(2)16-14(20)17-8-6-15(3,7-9-17)13(18)19/h4-5,11H,6-9H2,1-3H3,(H,16,20)(H,18,19). The van der Waals surface area contributed by atoms with Crippen molar-refractivity contribution in [3.63, 3.8) is 0 Å². The first-order chi connectivity index (χ1) is 9.82. The molecule has 6 nitrogen and oxygen atoms in total. The Morgan fingerprint density at radius 3 is 2.48 bits per heavy atom. The largest absolute Gasteiger partial charge is 0.481 e. The molecule has 2 heterocycles. The number of aliphatic carboxylic acids is 1. The number of furan rings is 1. The fourth-order valence-corrected chi connectivity index (χ4v) is 2.45. The first-order valence-electron chi connectivity index (χ1n) is 7.17. The molecule has 0 aromatic carbocycles. The van der Waals surface area contributed by atoms with Crippen LogP contribution in [-0.4, -0.2) is 35.1 Å². The number of urea groups is 1. The molecule has 0 saturated carbocycles. The SMILES string of the molecule is Cc1ccc(C(C)NC(=O)N2CCC(C)(C(=O)O)CC2)o1. The van der Waals surface area contributed by atoms with Crippen LogP contribution in [0.1, 0.15) is 44.3 Å². The molecule has 2 rings (SSSR count). The molecule has 6 heteroatoms. The fourth-order valence-electron chi connectivity index (χ4n) is 2.45. The number of nitrogens with zero attached hydrogens (tertiary/aromatic N) is 1. The number of carboxylic acids is 1. The maximum absolute atomic E-state index is 12.2. The number of piperidine rings is 1. The van der Waals surface area contributed by atoms with E-state index in [-0.39, 0.29) is 12.1 Å². The second-order valence-electron chi connectivity index (χ2n) is 5.97. The summed E-state index contributed by atoms with van der Waals surface area (Å²) < 4.78 is 5.49. The van der Waals surface area contributed by atoms with Crippen LogP contribution in [0.4, 0.5) is 4.79 Å². The van der Waals surface area contributed by atoms with Crippen molar-refractivity contribution in [2.75, 3.05) is 13.1 Å². The van der Waals surface area contributed by atoms with E-state index in [1.54, 1.807) is 11.8 Å². The van der Waals surface area contributed by atoms with E-state index in [0.717, 1.165) is 5.76 Å². The summed E-state index contributed by atoms with van der Waals surface area (Å²) in [7, 11) is 0. The van der Waals surface area contributed by atoms with Gasteiger partial charge in [-0.25, -0.2) is 4.79 Å². The van der Waals surface area contributed by atoms with Crippen LogP contribution in [0.3, 0.4) is 0 Å². The number of amides is 2. The molecule has 0 aliphatic carbocycles. The quantitative estimate of drug-likeness (QED) is 0.897. The van der Waals surface area contributed by atoms with Crippen LogP contribution >= 0.6 is 0 Å². The number of aryl methyl sites for hydroxylation is 1. The van der Waals surface area contributed by atoms with E-state index < -0.39 is 11.4 Å². The van der Waals surface area contributed by atoms with Gasteiger partial charge in [0.25, 0.3) is 0 Å². The van der Waals surface area contributed by atoms with Gasteiger partial charge in [-0.3, -0.25) is 4.79 Å². The van der Waals surface area contributed by atoms with E-state index in [1.165, 1.54) is 0 Å². The third-order valence-corrected chi connectivity index (χ3v) is 4.20. The highest BCUT2D eigenvalue weighted by molar-refractivity contribution is 5.77. The van der Waals surface area contributed by atoms with Crippen LogP contribution in [0.25, 0.3) is 0 Å². The van der Waals surface area contributed by atoms with E-state index in [0.29, 0.717) is 31.7 Å². The smallest absolute Gasteiger partial charge is 0.317 e. The number of carbonyl (C=O) groups excluding carboxylic acids is 1. The molecule has 2 amide bonds. The lowest BCUT2D eigenvalue weighted by molar-refractivity contribution is -0.150. The molecule has 1 aliphatic rings. The first kappa shape index (κ1) is 15.4. The molecule has 21 heavy (non-hydrogen) atoms. The lowest BCUT2D eigenvalue weighted by Gasteiger charge is -2.36. The zero-order valence-corrected chi connectivity index (χ0v) is 12.7. The molecule has 1 unspecified atom stereocenters. The summed E-state index contributed by atoms with van der Waals surface area (Å²) in [5, 5.41) is 12.1. The van der Waals surface area contributed by atoms with Gasteiger partial charge in [-0.05, 0) is 45.7 Å². The minimum Gasteiger partial charge on any atom is -0.481 e. The lowest BCUT2D eigenvalue weighted by Crippen LogP contribution is -2.49. The molecule has 1 aliphatic heterocycles. The van der Waals surface area contributed by atoms with E-state index in [2.05, 4.69) is 5.32 Å². The maximum Gasteiger partial charge on any atom is 0.317 e. The first-order valence-corrected chi connectivity index (χ1v) is 7.17. The molecule has 1 aromatic heterocycles. The van der Waals surface area contributed by atoms with Crippen LogP contribution in [0.2, 0.25) is 0 Å². The highest BCUT2D eigenvalue weighted by Gasteiger charge is 2.38. The van der Waals surface area contributed by atoms with Gasteiger partial charge in [-0.15, -0.1) is 0 Å². The number of hydrogen-bond acceptors (Lipinski definition) is 3. The summed E-state index contributed by atoms with van der Waals surface area (Å²) in [4.78, 5) is 25.0. The van der Waals surface area contributed by atoms with E-state index >= 15 is 0 Å². The minimum atomic E-state index is -0.790. The average Bonchev–Trinajstić information content (AvgIpc) is 2.86. The summed E-state index contributed by atoms with van der Waals surface area (Å²) in [6, 6.07) is 3.32. The third kappa shape index (κ3) is 3.37. The van der Waals surface area contributed by atoms with Crippen molar-refractivity contribution >= 4 is 12.0 Å². The number of nitrogens with one attached hydrogen (secondary N) is 1. The van der Waals surface area contributed by atoms with E-state index in [9.17, 15) is 14.7 Å². The monoisotopic (exact) mass is 294 g/mol. The molecule has 0 bridgehead atoms. The highest BCUT2D eigenvalue weighted by atomic mass is 16.4. The van der Waals surface area contributed by atoms with Gasteiger partial charge in [0.05, 0.1) is 11.5 Å². The molecule has 1 fully saturated rings. The van der Waals surface area contributed by atoms with Crippen molar-refractivity contribution in [1.82, 2.24) is 10.2 Å². The van der Waals surface area contributed by atoms with Crippen molar-refractivity contribution in [3.8, 4) is 0 Å². The van der Waals surface area contributed by atoms with Gasteiger partial charge in [0, 0.05) is 13.1 Å². The number of carboxylic acid groups (broad SMARTS) is 1. The summed E-state index contributed by atoms with van der Waals surface area (Å²) >= 11 is 0. The summed E-state index contributed by atoms with van der Waals surface area (Å²) in [5.74, 6) is 0.733. The van der Waals surface area contributed by atoms with Gasteiger partial charge in [-0.1, -0.05) is 0 Å². The molecule has 1 atom stereocenters. The van der Waals surface area contributed by atoms with Crippen molar-refractivity contribution in [2.45, 2.75) is 39.7 Å². The molecule has 0 spiro atoms. The van der Waals surface area contributed by atoms with E-state index in [4.69, 9.17) is 4.42 Å². The van der Waals surface area contributed by atoms with Crippen molar-refractivity contribution in [3.05, 3.63) is 23.7 Å². The van der Waals surface area contributed by atoms with Gasteiger partial charge in [0.15, 0.2) is 0 Å². The topological polar surface area (TPSA) is 82.8 Å². The van der Waals surface area contributed by atoms with E-state index in [1.807, 2.05) is 26.0 Å². The Labute approximate surface area is 124 Å². The summed E-state index contributed by atoms with van der Waals surface area (Å²) in [6.07, 6.45) is 0.952. The molecule has 1 aromatic rings. The predicted molar refractivity (Wildman–Crippen MR) is 76.9 cm³/mol. The van der Waals surface area contributed by atoms with Crippen LogP contribution in [0.5, 0.6) is 0 Å². The number of rotatable bonds is 3. The molecule has 2 N–H and O–H groups in total. The Balaban J connectivity index is 1.89. The molecule has 116 valence electrons. The number of carbonyl (C=O) groups is 2. The van der Waals surface area contributed by atoms with Crippen molar-refractivity contribution in [2.24, 2.45) is 5.41 Å². The lowest BCUT2D eigenvalue weighted by atomic mass is 9.80. The molecular formula is C15H22N2O4. The van der Waals surface area contributed by atoms with Crippen LogP contribution in [0.15, 0.2) is 16.5 Å². The fraction of sp³-hybridized carbons (Fsp3) is 0.600. The van der Waals surface area contributed by atoms with Gasteiger partial charge in [0.1, 0.15) is 11.5 Å². The molecular weight excluding hydrogens is 272 g/mol. The van der Waals surface area contributed by atoms with Gasteiger partial charge in [-0.2, -0.15) is 0 Å². The zero-order valence-electron chi connectivity index (χ0n) is 12.7. The summed E-state index contributed by atoms with van der Waals surface area (Å²) in [6.45, 7) is 6.37. The average molecular weight is 294 g/mol. The normalized spacial score (nSPS) is 19.1. The summed E-state index contributed by atoms with van der Waals surface area (Å²) in [5.41, 5.74) is -0.722. The molecule has 0 radical (unpaired) electrons. The third-order valence-electron chi connectivity index (χ3n) is 4.20. The van der Waals surface area contributed by atoms with Crippen LogP contribution in [0, 0.1) is 12.3 Å². The second kappa shape index (κ2) is 5.79. The second-order valence-corrected chi connectivity index (χ2v) is 5.97. The Morgan fingerprint density at radius 2 is 2.00 bits per heavy atom. The maximum atomic E-state index is 12.2. The van der Waals surface area contributed by atoms with Gasteiger partial charge >= 0.3 is 12.0 Å². The molecule has 1 saturated heterocycles. The van der Waals surface area contributed by atoms with Gasteiger partial charge < -0.3 is 19.7 Å². The Morgan fingerprint density at radius 1 is 1.38 bits per heavy atom. The Kier molecular flexibility index (Phi) is 4.25. The minimum absolute atomic E-state index is 0.177. The predicted octanol–water partition coefficient (Wildman–Crippen LogP) is 2.55. The zero-order chi connectivity index (χ0) is 15.6. The van der Waals surface area contributed by atoms with Crippen molar-refractivity contribution < 1.29 is 19.1 Å². The highest BCUT2D eigenvalue weighted by Crippen LogP contribution is 2.31. The number of likely N-dealkylation sites (tertiary alicyclic amines) is 1. The Bertz CT molecular complexity index is 530.